The first-order valence-electron chi connectivity index (χ1n) is 7.20. The van der Waals surface area contributed by atoms with Crippen molar-refractivity contribution >= 4 is 15.9 Å². The second-order valence-corrected chi connectivity index (χ2v) is 7.18. The molecule has 2 rings (SSSR count). The van der Waals surface area contributed by atoms with E-state index in [-0.39, 0.29) is 13.2 Å². The Bertz CT molecular complexity index is 545. The summed E-state index contributed by atoms with van der Waals surface area (Å²) in [6, 6.07) is 7.01. The summed E-state index contributed by atoms with van der Waals surface area (Å²) in [6.07, 6.45) is 2.01. The van der Waals surface area contributed by atoms with Gasteiger partial charge < -0.3 is 10.5 Å². The van der Waals surface area contributed by atoms with Crippen LogP contribution in [0.1, 0.15) is 19.8 Å². The summed E-state index contributed by atoms with van der Waals surface area (Å²) in [5, 5.41) is 0. The number of nitrogen functional groups attached to an aromatic ring is 1. The number of nitrogens with two attached hydrogens (primary N) is 1. The summed E-state index contributed by atoms with van der Waals surface area (Å²) >= 11 is 0. The molecular formula is C14H23N3O3S. The SMILES string of the molecule is CC1CCCN(S(=O)(=O)NCCOc2ccc(N)cc2)C1. The first kappa shape index (κ1) is 16.1. The van der Waals surface area contributed by atoms with Gasteiger partial charge in [0, 0.05) is 25.3 Å². The molecule has 7 heteroatoms. The summed E-state index contributed by atoms with van der Waals surface area (Å²) < 4.78 is 33.8. The summed E-state index contributed by atoms with van der Waals surface area (Å²) in [6.45, 7) is 3.79. The van der Waals surface area contributed by atoms with Crippen LogP contribution < -0.4 is 15.2 Å². The third kappa shape index (κ3) is 4.87. The van der Waals surface area contributed by atoms with E-state index < -0.39 is 10.2 Å². The quantitative estimate of drug-likeness (QED) is 0.611. The number of nitrogens with zero attached hydrogens (tertiary/aromatic N) is 1. The second kappa shape index (κ2) is 7.11. The van der Waals surface area contributed by atoms with Crippen LogP contribution in [0, 0.1) is 5.92 Å². The molecule has 1 aliphatic rings. The molecule has 0 spiro atoms. The molecule has 0 aliphatic carbocycles. The van der Waals surface area contributed by atoms with Gasteiger partial charge in [-0.25, -0.2) is 0 Å². The van der Waals surface area contributed by atoms with E-state index in [1.54, 1.807) is 24.3 Å². The normalized spacial score (nSPS) is 20.3. The minimum absolute atomic E-state index is 0.248. The van der Waals surface area contributed by atoms with Crippen LogP contribution in [0.3, 0.4) is 0 Å². The van der Waals surface area contributed by atoms with Gasteiger partial charge in [0.15, 0.2) is 0 Å². The molecule has 6 nitrogen and oxygen atoms in total. The Morgan fingerprint density at radius 2 is 2.10 bits per heavy atom. The third-order valence-corrected chi connectivity index (χ3v) is 5.08. The molecular weight excluding hydrogens is 290 g/mol. The van der Waals surface area contributed by atoms with E-state index in [0.29, 0.717) is 30.4 Å². The number of hydrogen-bond donors (Lipinski definition) is 2. The Balaban J connectivity index is 1.75. The number of benzene rings is 1. The summed E-state index contributed by atoms with van der Waals surface area (Å²) in [5.41, 5.74) is 6.25. The Hall–Kier alpha value is -1.31. The molecule has 3 N–H and O–H groups in total. The van der Waals surface area contributed by atoms with Crippen molar-refractivity contribution in [3.63, 3.8) is 0 Å². The highest BCUT2D eigenvalue weighted by Gasteiger charge is 2.26. The van der Waals surface area contributed by atoms with Crippen LogP contribution in [0.4, 0.5) is 5.69 Å². The zero-order valence-electron chi connectivity index (χ0n) is 12.3. The average molecular weight is 313 g/mol. The molecule has 1 aromatic rings. The third-order valence-electron chi connectivity index (χ3n) is 3.50. The number of nitrogens with one attached hydrogen (secondary N) is 1. The molecule has 0 bridgehead atoms. The molecule has 0 saturated carbocycles. The molecule has 118 valence electrons. The molecule has 0 aromatic heterocycles. The number of ether oxygens (including phenoxy) is 1. The fourth-order valence-corrected chi connectivity index (χ4v) is 3.70. The maximum atomic E-state index is 12.1. The lowest BCUT2D eigenvalue weighted by Gasteiger charge is -2.29. The number of rotatable bonds is 6. The van der Waals surface area contributed by atoms with Crippen molar-refractivity contribution < 1.29 is 13.2 Å². The Morgan fingerprint density at radius 3 is 2.76 bits per heavy atom. The van der Waals surface area contributed by atoms with Crippen LogP contribution in [-0.4, -0.2) is 39.0 Å². The van der Waals surface area contributed by atoms with Crippen LogP contribution in [0.25, 0.3) is 0 Å². The Kier molecular flexibility index (Phi) is 5.44. The van der Waals surface area contributed by atoms with E-state index >= 15 is 0 Å². The van der Waals surface area contributed by atoms with E-state index in [1.807, 2.05) is 0 Å². The minimum Gasteiger partial charge on any atom is -0.492 e. The van der Waals surface area contributed by atoms with Crippen molar-refractivity contribution in [1.82, 2.24) is 9.03 Å². The molecule has 1 heterocycles. The molecule has 21 heavy (non-hydrogen) atoms. The van der Waals surface area contributed by atoms with E-state index in [0.717, 1.165) is 12.8 Å². The predicted octanol–water partition coefficient (Wildman–Crippen LogP) is 1.21. The fourth-order valence-electron chi connectivity index (χ4n) is 2.36. The lowest BCUT2D eigenvalue weighted by Crippen LogP contribution is -2.46. The first-order chi connectivity index (χ1) is 9.97. The van der Waals surface area contributed by atoms with E-state index in [4.69, 9.17) is 10.5 Å². The monoisotopic (exact) mass is 313 g/mol. The van der Waals surface area contributed by atoms with Crippen LogP contribution in [0.15, 0.2) is 24.3 Å². The molecule has 1 aliphatic heterocycles. The van der Waals surface area contributed by atoms with Gasteiger partial charge in [-0.15, -0.1) is 0 Å². The van der Waals surface area contributed by atoms with Crippen LogP contribution in [0.5, 0.6) is 5.75 Å². The minimum atomic E-state index is -3.39. The van der Waals surface area contributed by atoms with Crippen molar-refractivity contribution in [2.45, 2.75) is 19.8 Å². The highest BCUT2D eigenvalue weighted by atomic mass is 32.2. The van der Waals surface area contributed by atoms with Crippen LogP contribution >= 0.6 is 0 Å². The van der Waals surface area contributed by atoms with Crippen molar-refractivity contribution in [3.05, 3.63) is 24.3 Å². The lowest BCUT2D eigenvalue weighted by atomic mass is 10.0. The molecule has 1 fully saturated rings. The van der Waals surface area contributed by atoms with Crippen molar-refractivity contribution in [2.24, 2.45) is 5.92 Å². The largest absolute Gasteiger partial charge is 0.492 e. The summed E-state index contributed by atoms with van der Waals surface area (Å²) in [7, 11) is -3.39. The van der Waals surface area contributed by atoms with E-state index in [2.05, 4.69) is 11.6 Å². The zero-order valence-corrected chi connectivity index (χ0v) is 13.1. The summed E-state index contributed by atoms with van der Waals surface area (Å²) in [5.74, 6) is 1.09. The number of hydrogen-bond acceptors (Lipinski definition) is 4. The second-order valence-electron chi connectivity index (χ2n) is 5.42. The van der Waals surface area contributed by atoms with Crippen molar-refractivity contribution in [2.75, 3.05) is 32.0 Å². The average Bonchev–Trinajstić information content (AvgIpc) is 2.45. The number of piperidine rings is 1. The first-order valence-corrected chi connectivity index (χ1v) is 8.64. The Labute approximate surface area is 126 Å². The van der Waals surface area contributed by atoms with Gasteiger partial charge in [0.25, 0.3) is 10.2 Å². The molecule has 1 aromatic carbocycles. The highest BCUT2D eigenvalue weighted by molar-refractivity contribution is 7.87. The van der Waals surface area contributed by atoms with Gasteiger partial charge >= 0.3 is 0 Å². The van der Waals surface area contributed by atoms with Crippen LogP contribution in [0.2, 0.25) is 0 Å². The van der Waals surface area contributed by atoms with Gasteiger partial charge in [-0.2, -0.15) is 17.4 Å². The maximum Gasteiger partial charge on any atom is 0.279 e. The Morgan fingerprint density at radius 1 is 1.38 bits per heavy atom. The van der Waals surface area contributed by atoms with Gasteiger partial charge in [-0.3, -0.25) is 0 Å². The molecule has 0 radical (unpaired) electrons. The van der Waals surface area contributed by atoms with Gasteiger partial charge in [-0.1, -0.05) is 6.92 Å². The summed E-state index contributed by atoms with van der Waals surface area (Å²) in [4.78, 5) is 0. The molecule has 1 saturated heterocycles. The van der Waals surface area contributed by atoms with Crippen LogP contribution in [-0.2, 0) is 10.2 Å². The molecule has 1 unspecified atom stereocenters. The smallest absolute Gasteiger partial charge is 0.279 e. The van der Waals surface area contributed by atoms with Crippen molar-refractivity contribution in [3.8, 4) is 5.75 Å². The standard InChI is InChI=1S/C14H23N3O3S/c1-12-3-2-9-17(11-12)21(18,19)16-8-10-20-14-6-4-13(15)5-7-14/h4-7,12,16H,2-3,8-11,15H2,1H3. The van der Waals surface area contributed by atoms with Crippen molar-refractivity contribution in [1.29, 1.82) is 0 Å². The number of anilines is 1. The van der Waals surface area contributed by atoms with Gasteiger partial charge in [0.2, 0.25) is 0 Å². The zero-order chi connectivity index (χ0) is 15.3. The topological polar surface area (TPSA) is 84.7 Å². The lowest BCUT2D eigenvalue weighted by molar-refractivity contribution is 0.275. The predicted molar refractivity (Wildman–Crippen MR) is 83.2 cm³/mol. The van der Waals surface area contributed by atoms with Gasteiger partial charge in [-0.05, 0) is 43.0 Å². The molecule has 1 atom stereocenters. The van der Waals surface area contributed by atoms with Gasteiger partial charge in [0.05, 0.1) is 0 Å². The van der Waals surface area contributed by atoms with E-state index in [9.17, 15) is 8.42 Å². The molecule has 0 amide bonds. The highest BCUT2D eigenvalue weighted by Crippen LogP contribution is 2.17. The fraction of sp³-hybridized carbons (Fsp3) is 0.571. The van der Waals surface area contributed by atoms with Gasteiger partial charge in [0.1, 0.15) is 12.4 Å². The maximum absolute atomic E-state index is 12.1. The van der Waals surface area contributed by atoms with E-state index in [1.165, 1.54) is 4.31 Å².